The van der Waals surface area contributed by atoms with Crippen LogP contribution in [-0.4, -0.2) is 26.4 Å². The average Bonchev–Trinajstić information content (AvgIpc) is 3.24. The molecule has 0 bridgehead atoms. The molecule has 0 saturated carbocycles. The van der Waals surface area contributed by atoms with Gasteiger partial charge in [-0.25, -0.2) is 0 Å². The van der Waals surface area contributed by atoms with Crippen LogP contribution in [0.25, 0.3) is 0 Å². The Hall–Kier alpha value is -2.51. The van der Waals surface area contributed by atoms with Crippen LogP contribution in [0.1, 0.15) is 61.9 Å². The number of halogens is 1. The Kier molecular flexibility index (Phi) is 9.03. The van der Waals surface area contributed by atoms with E-state index in [1.54, 1.807) is 0 Å². The van der Waals surface area contributed by atoms with Crippen LogP contribution in [0.5, 0.6) is 5.75 Å². The zero-order chi connectivity index (χ0) is 24.8. The maximum Gasteiger partial charge on any atom is 0.234 e. The second-order valence-electron chi connectivity index (χ2n) is 8.21. The molecule has 0 fully saturated rings. The summed E-state index contributed by atoms with van der Waals surface area (Å²) in [5.41, 5.74) is 5.18. The van der Waals surface area contributed by atoms with Crippen LogP contribution in [0.2, 0.25) is 5.02 Å². The van der Waals surface area contributed by atoms with Crippen molar-refractivity contribution in [2.75, 3.05) is 11.1 Å². The number of thioether (sulfide) groups is 1. The van der Waals surface area contributed by atoms with Crippen molar-refractivity contribution in [3.8, 4) is 5.75 Å². The van der Waals surface area contributed by atoms with E-state index >= 15 is 0 Å². The van der Waals surface area contributed by atoms with Crippen molar-refractivity contribution in [3.63, 3.8) is 0 Å². The van der Waals surface area contributed by atoms with E-state index in [4.69, 9.17) is 16.3 Å². The molecule has 0 aliphatic rings. The normalized spacial score (nSPS) is 12.0. The van der Waals surface area contributed by atoms with Gasteiger partial charge in [-0.05, 0) is 74.9 Å². The van der Waals surface area contributed by atoms with E-state index < -0.39 is 0 Å². The highest BCUT2D eigenvalue weighted by atomic mass is 35.5. The molecular weight excluding hydrogens is 468 g/mol. The quantitative estimate of drug-likeness (QED) is 0.319. The Morgan fingerprint density at radius 2 is 1.74 bits per heavy atom. The number of aromatic nitrogens is 3. The lowest BCUT2D eigenvalue weighted by molar-refractivity contribution is -0.113. The van der Waals surface area contributed by atoms with Crippen molar-refractivity contribution in [2.24, 2.45) is 0 Å². The molecule has 1 atom stereocenters. The first kappa shape index (κ1) is 26.1. The number of nitrogens with zero attached hydrogens (tertiary/aromatic N) is 3. The fourth-order valence-electron chi connectivity index (χ4n) is 3.94. The number of carbonyl (C=O) groups is 1. The third-order valence-corrected chi connectivity index (χ3v) is 7.31. The Balaban J connectivity index is 1.69. The highest BCUT2D eigenvalue weighted by Gasteiger charge is 2.20. The number of ether oxygens (including phenoxy) is 1. The number of amides is 1. The number of carbonyl (C=O) groups excluding carboxylic acids is 1. The largest absolute Gasteiger partial charge is 0.483 e. The molecule has 1 heterocycles. The number of para-hydroxylation sites is 1. The van der Waals surface area contributed by atoms with Gasteiger partial charge in [0.1, 0.15) is 5.75 Å². The van der Waals surface area contributed by atoms with Crippen LogP contribution in [-0.2, 0) is 24.2 Å². The molecule has 1 amide bonds. The van der Waals surface area contributed by atoms with E-state index in [1.807, 2.05) is 50.5 Å². The maximum absolute atomic E-state index is 12.8. The minimum absolute atomic E-state index is 0.0517. The number of hydrogen-bond donors (Lipinski definition) is 1. The minimum Gasteiger partial charge on any atom is -0.483 e. The molecule has 0 aliphatic heterocycles. The SMILES string of the molecule is CCc1cccc(CC)c1NC(=O)CSc1nnc(C(C)Oc2cc(C)c(Cl)c(C)c2)n1CC. The summed E-state index contributed by atoms with van der Waals surface area (Å²) in [4.78, 5) is 12.8. The van der Waals surface area contributed by atoms with Gasteiger partial charge in [-0.1, -0.05) is 55.4 Å². The van der Waals surface area contributed by atoms with Crippen molar-refractivity contribution < 1.29 is 9.53 Å². The molecule has 6 nitrogen and oxygen atoms in total. The van der Waals surface area contributed by atoms with Crippen molar-refractivity contribution in [3.05, 3.63) is 63.4 Å². The van der Waals surface area contributed by atoms with E-state index in [0.717, 1.165) is 57.4 Å². The van der Waals surface area contributed by atoms with Gasteiger partial charge in [0.25, 0.3) is 0 Å². The highest BCUT2D eigenvalue weighted by Crippen LogP contribution is 2.30. The average molecular weight is 501 g/mol. The molecule has 34 heavy (non-hydrogen) atoms. The number of anilines is 1. The third-order valence-electron chi connectivity index (χ3n) is 5.74. The summed E-state index contributed by atoms with van der Waals surface area (Å²) in [6.07, 6.45) is 1.43. The van der Waals surface area contributed by atoms with E-state index in [0.29, 0.717) is 11.7 Å². The second-order valence-corrected chi connectivity index (χ2v) is 9.53. The number of aryl methyl sites for hydroxylation is 4. The van der Waals surface area contributed by atoms with Gasteiger partial charge < -0.3 is 14.6 Å². The Bertz CT molecular complexity index is 1120. The molecule has 3 rings (SSSR count). The predicted molar refractivity (Wildman–Crippen MR) is 140 cm³/mol. The number of nitrogens with one attached hydrogen (secondary N) is 1. The summed E-state index contributed by atoms with van der Waals surface area (Å²) in [6, 6.07) is 10.0. The second kappa shape index (κ2) is 11.8. The number of rotatable bonds is 10. The van der Waals surface area contributed by atoms with Crippen molar-refractivity contribution in [1.82, 2.24) is 14.8 Å². The van der Waals surface area contributed by atoms with E-state index in [9.17, 15) is 4.79 Å². The van der Waals surface area contributed by atoms with Gasteiger partial charge >= 0.3 is 0 Å². The summed E-state index contributed by atoms with van der Waals surface area (Å²) in [5, 5.41) is 13.3. The lowest BCUT2D eigenvalue weighted by Crippen LogP contribution is -2.17. The highest BCUT2D eigenvalue weighted by molar-refractivity contribution is 7.99. The first-order chi connectivity index (χ1) is 16.3. The minimum atomic E-state index is -0.306. The molecule has 1 aromatic heterocycles. The van der Waals surface area contributed by atoms with Gasteiger partial charge in [0, 0.05) is 17.3 Å². The predicted octanol–water partition coefficient (Wildman–Crippen LogP) is 6.56. The third kappa shape index (κ3) is 5.94. The van der Waals surface area contributed by atoms with Gasteiger partial charge in [0.05, 0.1) is 5.75 Å². The van der Waals surface area contributed by atoms with Gasteiger partial charge in [0.15, 0.2) is 17.1 Å². The fraction of sp³-hybridized carbons (Fsp3) is 0.423. The first-order valence-corrected chi connectivity index (χ1v) is 13.0. The molecule has 0 radical (unpaired) electrons. The molecule has 0 spiro atoms. The van der Waals surface area contributed by atoms with Gasteiger partial charge in [-0.15, -0.1) is 10.2 Å². The Morgan fingerprint density at radius 1 is 1.12 bits per heavy atom. The van der Waals surface area contributed by atoms with Crippen LogP contribution in [0.15, 0.2) is 35.5 Å². The Morgan fingerprint density at radius 3 is 2.29 bits per heavy atom. The van der Waals surface area contributed by atoms with Crippen LogP contribution in [0.4, 0.5) is 5.69 Å². The van der Waals surface area contributed by atoms with Gasteiger partial charge in [-0.2, -0.15) is 0 Å². The molecule has 0 aliphatic carbocycles. The van der Waals surface area contributed by atoms with Crippen molar-refractivity contribution >= 4 is 35.0 Å². The lowest BCUT2D eigenvalue weighted by Gasteiger charge is -2.17. The smallest absolute Gasteiger partial charge is 0.234 e. The standard InChI is InChI=1S/C26H33ClN4O2S/c1-7-19-11-10-12-20(8-2)24(19)28-22(32)15-34-26-30-29-25(31(26)9-3)18(6)33-21-13-16(4)23(27)17(5)14-21/h10-14,18H,7-9,15H2,1-6H3,(H,28,32). The van der Waals surface area contributed by atoms with Gasteiger partial charge in [0.2, 0.25) is 5.91 Å². The molecule has 1 unspecified atom stereocenters. The number of benzene rings is 2. The Labute approximate surface area is 211 Å². The maximum atomic E-state index is 12.8. The van der Waals surface area contributed by atoms with E-state index in [1.165, 1.54) is 11.8 Å². The van der Waals surface area contributed by atoms with Crippen molar-refractivity contribution in [2.45, 2.75) is 72.2 Å². The molecule has 3 aromatic rings. The zero-order valence-corrected chi connectivity index (χ0v) is 22.3. The van der Waals surface area contributed by atoms with Crippen LogP contribution in [0, 0.1) is 13.8 Å². The summed E-state index contributed by atoms with van der Waals surface area (Å²) in [7, 11) is 0. The van der Waals surface area contributed by atoms with Gasteiger partial charge in [-0.3, -0.25) is 4.79 Å². The fourth-order valence-corrected chi connectivity index (χ4v) is 4.86. The van der Waals surface area contributed by atoms with Crippen LogP contribution in [0.3, 0.4) is 0 Å². The molecule has 182 valence electrons. The molecule has 0 saturated heterocycles. The van der Waals surface area contributed by atoms with E-state index in [-0.39, 0.29) is 17.8 Å². The first-order valence-electron chi connectivity index (χ1n) is 11.7. The summed E-state index contributed by atoms with van der Waals surface area (Å²) < 4.78 is 8.15. The molecule has 1 N–H and O–H groups in total. The summed E-state index contributed by atoms with van der Waals surface area (Å²) >= 11 is 7.66. The van der Waals surface area contributed by atoms with Crippen LogP contribution >= 0.6 is 23.4 Å². The zero-order valence-electron chi connectivity index (χ0n) is 20.7. The van der Waals surface area contributed by atoms with Crippen molar-refractivity contribution in [1.29, 1.82) is 0 Å². The molecule has 2 aromatic carbocycles. The lowest BCUT2D eigenvalue weighted by atomic mass is 10.0. The topological polar surface area (TPSA) is 69.0 Å². The molecule has 8 heteroatoms. The summed E-state index contributed by atoms with van der Waals surface area (Å²) in [6.45, 7) is 12.8. The van der Waals surface area contributed by atoms with E-state index in [2.05, 4.69) is 41.5 Å². The summed E-state index contributed by atoms with van der Waals surface area (Å²) in [5.74, 6) is 1.67. The number of hydrogen-bond acceptors (Lipinski definition) is 5. The van der Waals surface area contributed by atoms with Crippen LogP contribution < -0.4 is 10.1 Å². The monoisotopic (exact) mass is 500 g/mol. The molecular formula is C26H33ClN4O2S.